The van der Waals surface area contributed by atoms with Gasteiger partial charge in [0.15, 0.2) is 0 Å². The zero-order valence-corrected chi connectivity index (χ0v) is 23.4. The molecule has 0 aromatic rings. The average molecular weight is 485 g/mol. The summed E-state index contributed by atoms with van der Waals surface area (Å²) in [6.45, 7) is 16.1. The summed E-state index contributed by atoms with van der Waals surface area (Å²) in [6.07, 6.45) is 10.2. The highest BCUT2D eigenvalue weighted by atomic mass is 16.5. The summed E-state index contributed by atoms with van der Waals surface area (Å²) < 4.78 is 5.45. The molecule has 0 bridgehead atoms. The van der Waals surface area contributed by atoms with E-state index in [1.807, 2.05) is 0 Å². The summed E-state index contributed by atoms with van der Waals surface area (Å²) in [5.41, 5.74) is 0.392. The molecule has 4 saturated carbocycles. The first-order valence-electron chi connectivity index (χ1n) is 14.1. The lowest BCUT2D eigenvalue weighted by atomic mass is 9.32. The number of aliphatic hydroxyl groups is 1. The maximum Gasteiger partial charge on any atom is 0.315 e. The molecule has 0 spiro atoms. The predicted octanol–water partition coefficient (Wildman–Crippen LogP) is 6.50. The van der Waals surface area contributed by atoms with Crippen LogP contribution in [-0.4, -0.2) is 30.1 Å². The van der Waals surface area contributed by atoms with Gasteiger partial charge in [-0.2, -0.15) is 0 Å². The molecule has 0 aromatic heterocycles. The highest BCUT2D eigenvalue weighted by Gasteiger charge is 2.71. The van der Waals surface area contributed by atoms with E-state index in [1.54, 1.807) is 7.11 Å². The van der Waals surface area contributed by atoms with Crippen molar-refractivity contribution in [1.29, 1.82) is 0 Å². The first-order valence-corrected chi connectivity index (χ1v) is 14.1. The smallest absolute Gasteiger partial charge is 0.315 e. The van der Waals surface area contributed by atoms with Gasteiger partial charge in [-0.1, -0.05) is 60.1 Å². The number of carbonyl (C=O) groups excluding carboxylic acids is 2. The molecular weight excluding hydrogens is 436 g/mol. The SMILES string of the molecule is COC(=O)C12CCC(C)(C)C=C1C1CCC3C4(C)CCC(=O)C(C)(C)C4C(O)CC3(C)C1(C)CC2. The molecule has 5 aliphatic carbocycles. The Labute approximate surface area is 212 Å². The Hall–Kier alpha value is -1.16. The number of ether oxygens (including phenoxy) is 1. The van der Waals surface area contributed by atoms with Crippen LogP contribution in [0.15, 0.2) is 11.6 Å². The van der Waals surface area contributed by atoms with Crippen molar-refractivity contribution in [2.24, 2.45) is 50.2 Å². The Morgan fingerprint density at radius 1 is 0.943 bits per heavy atom. The summed E-state index contributed by atoms with van der Waals surface area (Å²) >= 11 is 0. The van der Waals surface area contributed by atoms with Crippen LogP contribution in [-0.2, 0) is 14.3 Å². The number of esters is 1. The fraction of sp³-hybridized carbons (Fsp3) is 0.871. The van der Waals surface area contributed by atoms with Gasteiger partial charge in [-0.05, 0) is 84.9 Å². The molecule has 8 atom stereocenters. The van der Waals surface area contributed by atoms with Crippen LogP contribution in [0, 0.1) is 50.2 Å². The zero-order valence-electron chi connectivity index (χ0n) is 23.4. The lowest BCUT2D eigenvalue weighted by Gasteiger charge is -2.72. The number of hydrogen-bond donors (Lipinski definition) is 1. The Morgan fingerprint density at radius 3 is 2.26 bits per heavy atom. The van der Waals surface area contributed by atoms with E-state index in [4.69, 9.17) is 4.74 Å². The Kier molecular flexibility index (Phi) is 5.43. The van der Waals surface area contributed by atoms with Crippen molar-refractivity contribution >= 4 is 11.8 Å². The summed E-state index contributed by atoms with van der Waals surface area (Å²) in [5, 5.41) is 11.8. The molecule has 35 heavy (non-hydrogen) atoms. The standard InChI is InChI=1S/C31H48O4/c1-26(2)13-15-31(25(34)35-8)16-14-29(6)19(20(31)17-26)9-10-22-28(5)12-11-23(33)27(3,4)24(28)21(32)18-30(22,29)7/h17,19,21-22,24,32H,9-16,18H2,1-8H3. The second-order valence-corrected chi connectivity index (χ2v) is 15.1. The molecule has 4 fully saturated rings. The highest BCUT2D eigenvalue weighted by Crippen LogP contribution is 2.76. The number of methoxy groups -OCH3 is 1. The maximum absolute atomic E-state index is 13.3. The van der Waals surface area contributed by atoms with Crippen molar-refractivity contribution in [3.05, 3.63) is 11.6 Å². The van der Waals surface area contributed by atoms with E-state index in [0.29, 0.717) is 24.0 Å². The largest absolute Gasteiger partial charge is 0.468 e. The van der Waals surface area contributed by atoms with Crippen LogP contribution in [0.4, 0.5) is 0 Å². The van der Waals surface area contributed by atoms with Crippen LogP contribution in [0.25, 0.3) is 0 Å². The minimum absolute atomic E-state index is 0.00719. The zero-order chi connectivity index (χ0) is 25.8. The van der Waals surface area contributed by atoms with Gasteiger partial charge in [-0.15, -0.1) is 0 Å². The van der Waals surface area contributed by atoms with Crippen LogP contribution >= 0.6 is 0 Å². The van der Waals surface area contributed by atoms with Crippen molar-refractivity contribution in [3.8, 4) is 0 Å². The molecule has 0 amide bonds. The average Bonchev–Trinajstić information content (AvgIpc) is 2.76. The number of rotatable bonds is 1. The molecule has 0 saturated heterocycles. The fourth-order valence-corrected chi connectivity index (χ4v) is 10.9. The molecule has 0 radical (unpaired) electrons. The summed E-state index contributed by atoms with van der Waals surface area (Å²) in [7, 11) is 1.55. The van der Waals surface area contributed by atoms with Crippen molar-refractivity contribution in [1.82, 2.24) is 0 Å². The minimum atomic E-state index is -0.478. The number of allylic oxidation sites excluding steroid dienone is 1. The molecule has 0 aromatic carbocycles. The van der Waals surface area contributed by atoms with Crippen LogP contribution in [0.1, 0.15) is 106 Å². The quantitative estimate of drug-likeness (QED) is 0.341. The Bertz CT molecular complexity index is 976. The monoisotopic (exact) mass is 484 g/mol. The third-order valence-electron chi connectivity index (χ3n) is 12.8. The molecule has 5 aliphatic rings. The number of Topliss-reactive ketones (excluding diaryl/α,β-unsaturated/α-hetero) is 1. The molecule has 5 rings (SSSR count). The van der Waals surface area contributed by atoms with Gasteiger partial charge in [0.1, 0.15) is 5.78 Å². The molecule has 8 unspecified atom stereocenters. The van der Waals surface area contributed by atoms with E-state index in [0.717, 1.165) is 51.4 Å². The van der Waals surface area contributed by atoms with Gasteiger partial charge >= 0.3 is 5.97 Å². The van der Waals surface area contributed by atoms with E-state index in [-0.39, 0.29) is 33.5 Å². The van der Waals surface area contributed by atoms with E-state index < -0.39 is 16.9 Å². The fourth-order valence-electron chi connectivity index (χ4n) is 10.9. The summed E-state index contributed by atoms with van der Waals surface area (Å²) in [4.78, 5) is 26.3. The summed E-state index contributed by atoms with van der Waals surface area (Å²) in [5.74, 6) is 1.09. The molecule has 4 nitrogen and oxygen atoms in total. The Balaban J connectivity index is 1.62. The lowest BCUT2D eigenvalue weighted by molar-refractivity contribution is -0.243. The second-order valence-electron chi connectivity index (χ2n) is 15.1. The van der Waals surface area contributed by atoms with E-state index in [2.05, 4.69) is 54.5 Å². The predicted molar refractivity (Wildman–Crippen MR) is 137 cm³/mol. The van der Waals surface area contributed by atoms with Gasteiger partial charge in [0.25, 0.3) is 0 Å². The number of fused-ring (bicyclic) bond motifs is 7. The van der Waals surface area contributed by atoms with Crippen molar-refractivity contribution in [3.63, 3.8) is 0 Å². The van der Waals surface area contributed by atoms with E-state index in [1.165, 1.54) is 5.57 Å². The molecule has 196 valence electrons. The van der Waals surface area contributed by atoms with Crippen molar-refractivity contribution in [2.45, 2.75) is 112 Å². The topological polar surface area (TPSA) is 63.6 Å². The molecular formula is C31H48O4. The normalized spacial score (nSPS) is 50.1. The third kappa shape index (κ3) is 3.07. The molecule has 0 aliphatic heterocycles. The van der Waals surface area contributed by atoms with Gasteiger partial charge in [0, 0.05) is 17.8 Å². The van der Waals surface area contributed by atoms with Gasteiger partial charge in [-0.25, -0.2) is 0 Å². The van der Waals surface area contributed by atoms with Gasteiger partial charge < -0.3 is 9.84 Å². The molecule has 1 N–H and O–H groups in total. The van der Waals surface area contributed by atoms with Gasteiger partial charge in [0.2, 0.25) is 0 Å². The van der Waals surface area contributed by atoms with Crippen molar-refractivity contribution < 1.29 is 19.4 Å². The molecule has 4 heteroatoms. The number of aliphatic hydroxyl groups excluding tert-OH is 1. The lowest BCUT2D eigenvalue weighted by Crippen LogP contribution is -2.69. The second kappa shape index (κ2) is 7.45. The van der Waals surface area contributed by atoms with Crippen molar-refractivity contribution in [2.75, 3.05) is 7.11 Å². The van der Waals surface area contributed by atoms with Crippen LogP contribution in [0.5, 0.6) is 0 Å². The first kappa shape index (κ1) is 25.5. The van der Waals surface area contributed by atoms with E-state index in [9.17, 15) is 14.7 Å². The first-order chi connectivity index (χ1) is 16.1. The molecule has 0 heterocycles. The Morgan fingerprint density at radius 2 is 1.60 bits per heavy atom. The van der Waals surface area contributed by atoms with Crippen LogP contribution < -0.4 is 0 Å². The summed E-state index contributed by atoms with van der Waals surface area (Å²) in [6, 6.07) is 0. The highest BCUT2D eigenvalue weighted by molar-refractivity contribution is 5.85. The third-order valence-corrected chi connectivity index (χ3v) is 12.8. The van der Waals surface area contributed by atoms with E-state index >= 15 is 0 Å². The minimum Gasteiger partial charge on any atom is -0.468 e. The van der Waals surface area contributed by atoms with Gasteiger partial charge in [0.05, 0.1) is 18.6 Å². The number of ketones is 1. The maximum atomic E-state index is 13.3. The van der Waals surface area contributed by atoms with Gasteiger partial charge in [-0.3, -0.25) is 9.59 Å². The van der Waals surface area contributed by atoms with Crippen LogP contribution in [0.3, 0.4) is 0 Å². The van der Waals surface area contributed by atoms with Crippen LogP contribution in [0.2, 0.25) is 0 Å². The number of hydrogen-bond acceptors (Lipinski definition) is 4. The number of carbonyl (C=O) groups is 2.